The van der Waals surface area contributed by atoms with E-state index >= 15 is 0 Å². The lowest BCUT2D eigenvalue weighted by atomic mass is 10.2. The van der Waals surface area contributed by atoms with E-state index in [-0.39, 0.29) is 11.5 Å². The summed E-state index contributed by atoms with van der Waals surface area (Å²) >= 11 is 0. The number of carbonyl (C=O) groups is 1. The molecule has 0 bridgehead atoms. The van der Waals surface area contributed by atoms with Crippen LogP contribution < -0.4 is 11.0 Å². The van der Waals surface area contributed by atoms with Gasteiger partial charge in [-0.25, -0.2) is 10.5 Å². The first kappa shape index (κ1) is 13.2. The third-order valence-corrected chi connectivity index (χ3v) is 2.44. The number of rotatable bonds is 4. The summed E-state index contributed by atoms with van der Waals surface area (Å²) in [5.41, 5.74) is 2.27. The molecule has 0 unspecified atom stereocenters. The van der Waals surface area contributed by atoms with Gasteiger partial charge in [-0.1, -0.05) is 19.9 Å². The maximum Gasteiger partial charge on any atom is 0.282 e. The van der Waals surface area contributed by atoms with E-state index in [9.17, 15) is 9.59 Å². The first-order chi connectivity index (χ1) is 9.09. The highest BCUT2D eigenvalue weighted by molar-refractivity contribution is 5.92. The van der Waals surface area contributed by atoms with E-state index in [1.165, 1.54) is 10.6 Å². The number of hydrogen-bond donors (Lipinski definition) is 1. The number of nitrogens with one attached hydrogen (secondary N) is 1. The predicted octanol–water partition coefficient (Wildman–Crippen LogP) is 1.01. The number of nitrogens with zero attached hydrogens (tertiary/aromatic N) is 2. The smallest absolute Gasteiger partial charge is 0.273 e. The fraction of sp³-hybridized carbons (Fsp3) is 0.308. The van der Waals surface area contributed by atoms with E-state index in [1.54, 1.807) is 24.4 Å². The molecule has 2 heterocycles. The molecule has 6 nitrogen and oxygen atoms in total. The molecule has 0 aromatic carbocycles. The van der Waals surface area contributed by atoms with Crippen molar-refractivity contribution >= 4 is 11.6 Å². The Balaban J connectivity index is 2.23. The third kappa shape index (κ3) is 2.97. The third-order valence-electron chi connectivity index (χ3n) is 2.44. The Kier molecular flexibility index (Phi) is 3.91. The summed E-state index contributed by atoms with van der Waals surface area (Å²) in [5, 5.41) is 0. The number of hydrogen-bond acceptors (Lipinski definition) is 4. The van der Waals surface area contributed by atoms with Gasteiger partial charge in [0, 0.05) is 12.4 Å². The highest BCUT2D eigenvalue weighted by Gasteiger charge is 2.13. The molecule has 0 fully saturated rings. The molecule has 1 amide bonds. The van der Waals surface area contributed by atoms with Crippen LogP contribution in [0.1, 0.15) is 24.2 Å². The Labute approximate surface area is 110 Å². The first-order valence-electron chi connectivity index (χ1n) is 5.98. The molecule has 2 aromatic rings. The molecule has 0 atom stereocenters. The second-order valence-corrected chi connectivity index (χ2v) is 4.54. The lowest BCUT2D eigenvalue weighted by molar-refractivity contribution is 0.0207. The minimum atomic E-state index is -0.587. The van der Waals surface area contributed by atoms with Gasteiger partial charge in [0.15, 0.2) is 0 Å². The van der Waals surface area contributed by atoms with Gasteiger partial charge in [0.05, 0.1) is 6.61 Å². The number of pyridine rings is 1. The zero-order valence-electron chi connectivity index (χ0n) is 10.8. The van der Waals surface area contributed by atoms with Gasteiger partial charge in [-0.05, 0) is 18.1 Å². The maximum absolute atomic E-state index is 12.1. The van der Waals surface area contributed by atoms with Crippen molar-refractivity contribution in [2.24, 2.45) is 5.92 Å². The van der Waals surface area contributed by atoms with E-state index in [1.807, 2.05) is 13.8 Å². The molecule has 2 rings (SSSR count). The first-order valence-corrected chi connectivity index (χ1v) is 5.98. The van der Waals surface area contributed by atoms with Gasteiger partial charge in [0.1, 0.15) is 11.2 Å². The summed E-state index contributed by atoms with van der Waals surface area (Å²) in [6.07, 6.45) is 2.82. The highest BCUT2D eigenvalue weighted by atomic mass is 16.6. The SMILES string of the molecule is CC(C)CONC(=O)c1cnc2ccccn2c1=O. The largest absolute Gasteiger partial charge is 0.282 e. The zero-order chi connectivity index (χ0) is 13.8. The summed E-state index contributed by atoms with van der Waals surface area (Å²) in [7, 11) is 0. The van der Waals surface area contributed by atoms with Gasteiger partial charge in [-0.15, -0.1) is 0 Å². The molecule has 0 aliphatic heterocycles. The highest BCUT2D eigenvalue weighted by Crippen LogP contribution is 1.98. The normalized spacial score (nSPS) is 10.9. The molecule has 0 saturated heterocycles. The molecule has 0 radical (unpaired) electrons. The lowest BCUT2D eigenvalue weighted by Crippen LogP contribution is -2.32. The van der Waals surface area contributed by atoms with Crippen LogP contribution in [-0.4, -0.2) is 21.9 Å². The number of aromatic nitrogens is 2. The monoisotopic (exact) mass is 261 g/mol. The van der Waals surface area contributed by atoms with Crippen molar-refractivity contribution in [3.63, 3.8) is 0 Å². The Morgan fingerprint density at radius 2 is 2.26 bits per heavy atom. The van der Waals surface area contributed by atoms with Gasteiger partial charge in [0.2, 0.25) is 0 Å². The Morgan fingerprint density at radius 3 is 3.00 bits per heavy atom. The average molecular weight is 261 g/mol. The molecule has 19 heavy (non-hydrogen) atoms. The number of amides is 1. The van der Waals surface area contributed by atoms with Crippen LogP contribution in [0.15, 0.2) is 35.4 Å². The quantitative estimate of drug-likeness (QED) is 0.834. The molecule has 0 spiro atoms. The van der Waals surface area contributed by atoms with Crippen LogP contribution in [0.25, 0.3) is 5.65 Å². The summed E-state index contributed by atoms with van der Waals surface area (Å²) in [4.78, 5) is 32.9. The van der Waals surface area contributed by atoms with Crippen LogP contribution in [0.3, 0.4) is 0 Å². The predicted molar refractivity (Wildman–Crippen MR) is 69.7 cm³/mol. The standard InChI is InChI=1S/C13H15N3O3/c1-9(2)8-19-15-12(17)10-7-14-11-5-3-4-6-16(11)13(10)18/h3-7,9H,8H2,1-2H3,(H,15,17). The fourth-order valence-electron chi connectivity index (χ4n) is 1.51. The van der Waals surface area contributed by atoms with Gasteiger partial charge in [0.25, 0.3) is 11.5 Å². The minimum Gasteiger partial charge on any atom is -0.273 e. The molecular formula is C13H15N3O3. The second-order valence-electron chi connectivity index (χ2n) is 4.54. The van der Waals surface area contributed by atoms with E-state index < -0.39 is 11.5 Å². The summed E-state index contributed by atoms with van der Waals surface area (Å²) in [6, 6.07) is 5.17. The van der Waals surface area contributed by atoms with Crippen LogP contribution >= 0.6 is 0 Å². The van der Waals surface area contributed by atoms with Crippen molar-refractivity contribution in [2.75, 3.05) is 6.61 Å². The Morgan fingerprint density at radius 1 is 1.47 bits per heavy atom. The molecule has 1 N–H and O–H groups in total. The van der Waals surface area contributed by atoms with E-state index in [0.717, 1.165) is 0 Å². The van der Waals surface area contributed by atoms with Crippen LogP contribution in [0.2, 0.25) is 0 Å². The topological polar surface area (TPSA) is 72.7 Å². The lowest BCUT2D eigenvalue weighted by Gasteiger charge is -2.07. The van der Waals surface area contributed by atoms with Crippen molar-refractivity contribution in [1.82, 2.24) is 14.9 Å². The van der Waals surface area contributed by atoms with Crippen molar-refractivity contribution in [1.29, 1.82) is 0 Å². The van der Waals surface area contributed by atoms with E-state index in [2.05, 4.69) is 10.5 Å². The van der Waals surface area contributed by atoms with Crippen LogP contribution in [0.5, 0.6) is 0 Å². The van der Waals surface area contributed by atoms with Crippen molar-refractivity contribution in [2.45, 2.75) is 13.8 Å². The van der Waals surface area contributed by atoms with Gasteiger partial charge in [-0.2, -0.15) is 0 Å². The van der Waals surface area contributed by atoms with E-state index in [4.69, 9.17) is 4.84 Å². The molecule has 6 heteroatoms. The maximum atomic E-state index is 12.1. The zero-order valence-corrected chi connectivity index (χ0v) is 10.8. The minimum absolute atomic E-state index is 0.0487. The Bertz CT molecular complexity index is 649. The molecule has 0 aliphatic carbocycles. The summed E-state index contributed by atoms with van der Waals surface area (Å²) in [5.74, 6) is -0.299. The molecule has 100 valence electrons. The fourth-order valence-corrected chi connectivity index (χ4v) is 1.51. The van der Waals surface area contributed by atoms with Crippen molar-refractivity contribution in [3.8, 4) is 0 Å². The van der Waals surface area contributed by atoms with Gasteiger partial charge >= 0.3 is 0 Å². The van der Waals surface area contributed by atoms with E-state index in [0.29, 0.717) is 12.3 Å². The van der Waals surface area contributed by atoms with Gasteiger partial charge in [-0.3, -0.25) is 18.8 Å². The summed E-state index contributed by atoms with van der Waals surface area (Å²) < 4.78 is 1.32. The van der Waals surface area contributed by atoms with Crippen LogP contribution in [-0.2, 0) is 4.84 Å². The molecule has 0 aliphatic rings. The number of fused-ring (bicyclic) bond motifs is 1. The van der Waals surface area contributed by atoms with Crippen molar-refractivity contribution in [3.05, 3.63) is 46.5 Å². The molecule has 0 saturated carbocycles. The summed E-state index contributed by atoms with van der Waals surface area (Å²) in [6.45, 7) is 4.30. The second kappa shape index (κ2) is 5.62. The van der Waals surface area contributed by atoms with Crippen LogP contribution in [0.4, 0.5) is 0 Å². The van der Waals surface area contributed by atoms with Crippen molar-refractivity contribution < 1.29 is 9.63 Å². The van der Waals surface area contributed by atoms with Gasteiger partial charge < -0.3 is 0 Å². The van der Waals surface area contributed by atoms with Crippen LogP contribution in [0, 0.1) is 5.92 Å². The Hall–Kier alpha value is -2.21. The number of hydroxylamine groups is 1. The molecular weight excluding hydrogens is 246 g/mol. The average Bonchev–Trinajstić information content (AvgIpc) is 2.39. The number of carbonyl (C=O) groups excluding carboxylic acids is 1. The molecule has 2 aromatic heterocycles.